The van der Waals surface area contributed by atoms with Gasteiger partial charge in [0.1, 0.15) is 57.1 Å². The molecule has 0 aromatic carbocycles. The van der Waals surface area contributed by atoms with Gasteiger partial charge in [-0.2, -0.15) is 0 Å². The number of aromatic nitrogens is 4. The number of ketones is 4. The molecule has 0 aliphatic carbocycles. The lowest BCUT2D eigenvalue weighted by Crippen LogP contribution is -2.24. The van der Waals surface area contributed by atoms with Crippen LogP contribution in [0.15, 0.2) is 73.3 Å². The molecule has 5 N–H and O–H groups in total. The molecule has 0 saturated heterocycles. The number of carbonyl (C=O) groups is 7. The van der Waals surface area contributed by atoms with E-state index in [2.05, 4.69) is 19.9 Å². The van der Waals surface area contributed by atoms with Crippen molar-refractivity contribution in [1.29, 1.82) is 0 Å². The number of aromatic hydroxyl groups is 4. The predicted octanol–water partition coefficient (Wildman–Crippen LogP) is 6.01. The first-order valence-corrected chi connectivity index (χ1v) is 18.2. The van der Waals surface area contributed by atoms with E-state index in [0.29, 0.717) is 0 Å². The Morgan fingerprint density at radius 1 is 0.467 bits per heavy atom. The zero-order valence-corrected chi connectivity index (χ0v) is 34.4. The standard InChI is InChI=1S/2C13H17NO4.C10H11NO3.C6H5NO3/c2*1-13(2,3)18-11(17)7-6-10(16)12-9(15)5-4-8-14-12;1-7(12)4-5-9(14)10-8(13)3-2-6-11-10;8-4-2-1-3-7-5(4)6(9)10/h2*4-5,8,15H,6-7H2,1-3H3;2-3,6,13H,4-5H2,1H3;1-3,8H,(H,9,10). The minimum Gasteiger partial charge on any atom is -0.506 e. The third-order valence-electron chi connectivity index (χ3n) is 6.80. The molecule has 4 aromatic heterocycles. The van der Waals surface area contributed by atoms with Crippen molar-refractivity contribution in [2.45, 2.75) is 98.2 Å². The van der Waals surface area contributed by atoms with E-state index in [9.17, 15) is 48.9 Å². The highest BCUT2D eigenvalue weighted by molar-refractivity contribution is 5.99. The quantitative estimate of drug-likeness (QED) is 0.0761. The highest BCUT2D eigenvalue weighted by Gasteiger charge is 2.21. The number of rotatable bonds is 13. The molecule has 18 heteroatoms. The van der Waals surface area contributed by atoms with Crippen molar-refractivity contribution in [2.75, 3.05) is 0 Å². The largest absolute Gasteiger partial charge is 0.506 e. The molecule has 0 atom stereocenters. The van der Waals surface area contributed by atoms with E-state index in [1.54, 1.807) is 41.5 Å². The average Bonchev–Trinajstić information content (AvgIpc) is 3.15. The molecule has 4 aromatic rings. The van der Waals surface area contributed by atoms with E-state index in [1.165, 1.54) is 80.2 Å². The monoisotopic (exact) mass is 834 g/mol. The molecule has 0 saturated carbocycles. The van der Waals surface area contributed by atoms with Gasteiger partial charge in [-0.15, -0.1) is 0 Å². The van der Waals surface area contributed by atoms with Crippen LogP contribution in [0.1, 0.15) is 129 Å². The lowest BCUT2D eigenvalue weighted by atomic mass is 10.1. The van der Waals surface area contributed by atoms with Crippen molar-refractivity contribution in [3.63, 3.8) is 0 Å². The fourth-order valence-electron chi connectivity index (χ4n) is 4.26. The topological polar surface area (TPSA) is 291 Å². The average molecular weight is 835 g/mol. The summed E-state index contributed by atoms with van der Waals surface area (Å²) in [7, 11) is 0. The molecule has 0 spiro atoms. The molecule has 322 valence electrons. The second-order valence-corrected chi connectivity index (χ2v) is 14.4. The molecular weight excluding hydrogens is 784 g/mol. The lowest BCUT2D eigenvalue weighted by molar-refractivity contribution is -0.155. The summed E-state index contributed by atoms with van der Waals surface area (Å²) in [5, 5.41) is 45.3. The Labute approximate surface area is 346 Å². The van der Waals surface area contributed by atoms with Gasteiger partial charge < -0.3 is 39.8 Å². The van der Waals surface area contributed by atoms with Crippen LogP contribution in [0.3, 0.4) is 0 Å². The molecule has 18 nitrogen and oxygen atoms in total. The van der Waals surface area contributed by atoms with E-state index in [-0.39, 0.29) is 107 Å². The number of ether oxygens (including phenoxy) is 2. The molecular formula is C42H50N4O14. The zero-order chi connectivity index (χ0) is 45.6. The number of aromatic carboxylic acids is 1. The summed E-state index contributed by atoms with van der Waals surface area (Å²) in [5.74, 6) is -4.00. The number of nitrogens with zero attached hydrogens (tertiary/aromatic N) is 4. The maximum Gasteiger partial charge on any atom is 0.358 e. The number of carboxylic acids is 1. The van der Waals surface area contributed by atoms with Crippen molar-refractivity contribution in [2.24, 2.45) is 0 Å². The SMILES string of the molecule is CC(=O)CCC(=O)c1ncccc1O.CC(C)(C)OC(=O)CCC(=O)c1ncccc1O.CC(C)(C)OC(=O)CCC(=O)c1ncccc1O.O=C(O)c1ncccc1O. The minimum atomic E-state index is -1.22. The van der Waals surface area contributed by atoms with Gasteiger partial charge in [0, 0.05) is 50.5 Å². The summed E-state index contributed by atoms with van der Waals surface area (Å²) in [6, 6.07) is 11.5. The minimum absolute atomic E-state index is 0.0129. The van der Waals surface area contributed by atoms with Gasteiger partial charge in [-0.25, -0.2) is 24.7 Å². The summed E-state index contributed by atoms with van der Waals surface area (Å²) in [6.45, 7) is 12.0. The van der Waals surface area contributed by atoms with Crippen LogP contribution in [0, 0.1) is 0 Å². The van der Waals surface area contributed by atoms with E-state index in [4.69, 9.17) is 19.7 Å². The number of Topliss-reactive ketones (excluding diaryl/α,β-unsaturated/α-hetero) is 4. The Morgan fingerprint density at radius 2 is 0.733 bits per heavy atom. The number of hydrogen-bond acceptors (Lipinski definition) is 17. The molecule has 0 aliphatic rings. The van der Waals surface area contributed by atoms with Gasteiger partial charge in [0.15, 0.2) is 23.0 Å². The Bertz CT molecular complexity index is 2020. The Hall–Kier alpha value is -7.11. The summed E-state index contributed by atoms with van der Waals surface area (Å²) in [4.78, 5) is 93.2. The number of pyridine rings is 4. The predicted molar refractivity (Wildman–Crippen MR) is 214 cm³/mol. The van der Waals surface area contributed by atoms with Crippen LogP contribution in [0.25, 0.3) is 0 Å². The number of carboxylic acid groups (broad SMARTS) is 1. The van der Waals surface area contributed by atoms with E-state index in [0.717, 1.165) is 0 Å². The highest BCUT2D eigenvalue weighted by Crippen LogP contribution is 2.19. The van der Waals surface area contributed by atoms with Crippen LogP contribution < -0.4 is 0 Å². The Kier molecular flexibility index (Phi) is 20.9. The molecule has 0 amide bonds. The second kappa shape index (κ2) is 24.6. The van der Waals surface area contributed by atoms with Gasteiger partial charge in [-0.1, -0.05) is 0 Å². The molecule has 0 bridgehead atoms. The summed E-state index contributed by atoms with van der Waals surface area (Å²) < 4.78 is 10.2. The van der Waals surface area contributed by atoms with Gasteiger partial charge in [-0.05, 0) is 97.0 Å². The molecule has 0 radical (unpaired) electrons. The van der Waals surface area contributed by atoms with Crippen LogP contribution >= 0.6 is 0 Å². The number of hydrogen-bond donors (Lipinski definition) is 5. The molecule has 60 heavy (non-hydrogen) atoms. The highest BCUT2D eigenvalue weighted by atomic mass is 16.6. The van der Waals surface area contributed by atoms with Gasteiger partial charge >= 0.3 is 17.9 Å². The summed E-state index contributed by atoms with van der Waals surface area (Å²) in [6.07, 6.45) is 5.76. The van der Waals surface area contributed by atoms with Crippen molar-refractivity contribution < 1.29 is 68.6 Å². The van der Waals surface area contributed by atoms with E-state index in [1.807, 2.05) is 0 Å². The normalized spacial score (nSPS) is 10.4. The van der Waals surface area contributed by atoms with Crippen molar-refractivity contribution in [1.82, 2.24) is 19.9 Å². The molecule has 4 rings (SSSR count). The van der Waals surface area contributed by atoms with Crippen LogP contribution in [0.2, 0.25) is 0 Å². The third kappa shape index (κ3) is 20.9. The molecule has 0 aliphatic heterocycles. The van der Waals surface area contributed by atoms with Gasteiger partial charge in [0.2, 0.25) is 0 Å². The first-order chi connectivity index (χ1) is 27.9. The van der Waals surface area contributed by atoms with Crippen molar-refractivity contribution in [3.8, 4) is 23.0 Å². The van der Waals surface area contributed by atoms with Crippen LogP contribution in [-0.4, -0.2) is 97.7 Å². The number of esters is 2. The second-order valence-electron chi connectivity index (χ2n) is 14.4. The first-order valence-electron chi connectivity index (χ1n) is 18.2. The summed E-state index contributed by atoms with van der Waals surface area (Å²) in [5.41, 5.74) is -1.43. The van der Waals surface area contributed by atoms with Gasteiger partial charge in [0.05, 0.1) is 12.8 Å². The van der Waals surface area contributed by atoms with Gasteiger partial charge in [-0.3, -0.25) is 24.0 Å². The number of carbonyl (C=O) groups excluding carboxylic acids is 6. The third-order valence-corrected chi connectivity index (χ3v) is 6.80. The van der Waals surface area contributed by atoms with Crippen LogP contribution in [0.4, 0.5) is 0 Å². The maximum absolute atomic E-state index is 11.7. The molecule has 0 fully saturated rings. The van der Waals surface area contributed by atoms with Crippen molar-refractivity contribution in [3.05, 3.63) is 96.1 Å². The Balaban J connectivity index is 0.000000408. The Morgan fingerprint density at radius 3 is 0.950 bits per heavy atom. The zero-order valence-electron chi connectivity index (χ0n) is 34.4. The van der Waals surface area contributed by atoms with Crippen LogP contribution in [0.5, 0.6) is 23.0 Å². The molecule has 4 heterocycles. The summed E-state index contributed by atoms with van der Waals surface area (Å²) >= 11 is 0. The maximum atomic E-state index is 11.7. The smallest absolute Gasteiger partial charge is 0.358 e. The lowest BCUT2D eigenvalue weighted by Gasteiger charge is -2.19. The van der Waals surface area contributed by atoms with Gasteiger partial charge in [0.25, 0.3) is 0 Å². The fraction of sp³-hybridized carbons (Fsp3) is 0.357. The first kappa shape index (κ1) is 50.9. The van der Waals surface area contributed by atoms with E-state index < -0.39 is 29.1 Å². The van der Waals surface area contributed by atoms with E-state index >= 15 is 0 Å². The molecule has 0 unspecified atom stereocenters. The van der Waals surface area contributed by atoms with Crippen LogP contribution in [-0.2, 0) is 23.9 Å². The van der Waals surface area contributed by atoms with Crippen molar-refractivity contribution >= 4 is 41.0 Å². The fourth-order valence-corrected chi connectivity index (χ4v) is 4.26.